The lowest BCUT2D eigenvalue weighted by atomic mass is 10.1. The fraction of sp³-hybridized carbons (Fsp3) is 0.167. The van der Waals surface area contributed by atoms with E-state index in [-0.39, 0.29) is 5.91 Å². The molecule has 2 N–H and O–H groups in total. The van der Waals surface area contributed by atoms with Crippen LogP contribution in [0.5, 0.6) is 0 Å². The van der Waals surface area contributed by atoms with Gasteiger partial charge in [0.15, 0.2) is 0 Å². The number of nitrogens with zero attached hydrogens (tertiary/aromatic N) is 1. The summed E-state index contributed by atoms with van der Waals surface area (Å²) in [6.07, 6.45) is 1.66. The second-order valence-electron chi connectivity index (χ2n) is 3.84. The number of aryl methyl sites for hydroxylation is 2. The fourth-order valence-electron chi connectivity index (χ4n) is 1.54. The molecule has 17 heavy (non-hydrogen) atoms. The monoisotopic (exact) mass is 249 g/mol. The average molecular weight is 250 g/mol. The van der Waals surface area contributed by atoms with E-state index in [9.17, 15) is 4.79 Å². The molecule has 0 fully saturated rings. The van der Waals surface area contributed by atoms with Crippen LogP contribution >= 0.6 is 11.6 Å². The minimum atomic E-state index is -0.175. The molecule has 4 nitrogen and oxygen atoms in total. The molecular weight excluding hydrogens is 238 g/mol. The summed E-state index contributed by atoms with van der Waals surface area (Å²) in [6, 6.07) is 5.16. The van der Waals surface area contributed by atoms with Crippen molar-refractivity contribution in [2.75, 3.05) is 5.32 Å². The molecule has 0 spiro atoms. The van der Waals surface area contributed by atoms with Gasteiger partial charge >= 0.3 is 0 Å². The Morgan fingerprint density at radius 2 is 2.12 bits per heavy atom. The number of nitrogens with one attached hydrogen (secondary N) is 2. The summed E-state index contributed by atoms with van der Waals surface area (Å²) in [5, 5.41) is 9.96. The van der Waals surface area contributed by atoms with Gasteiger partial charge in [-0.3, -0.25) is 9.89 Å². The highest BCUT2D eigenvalue weighted by molar-refractivity contribution is 6.30. The summed E-state index contributed by atoms with van der Waals surface area (Å²) < 4.78 is 0. The number of carbonyl (C=O) groups excluding carboxylic acids is 1. The van der Waals surface area contributed by atoms with E-state index in [1.807, 2.05) is 13.8 Å². The van der Waals surface area contributed by atoms with Crippen LogP contribution in [0.1, 0.15) is 21.5 Å². The Labute approximate surface area is 104 Å². The second kappa shape index (κ2) is 4.59. The zero-order chi connectivity index (χ0) is 12.4. The first-order chi connectivity index (χ1) is 8.08. The number of rotatable bonds is 2. The van der Waals surface area contributed by atoms with E-state index in [1.54, 1.807) is 24.4 Å². The van der Waals surface area contributed by atoms with E-state index in [4.69, 9.17) is 11.6 Å². The third-order valence-corrected chi connectivity index (χ3v) is 2.74. The highest BCUT2D eigenvalue weighted by Crippen LogP contribution is 2.17. The van der Waals surface area contributed by atoms with Gasteiger partial charge in [0.25, 0.3) is 5.91 Å². The number of benzene rings is 1. The van der Waals surface area contributed by atoms with Crippen LogP contribution in [0.15, 0.2) is 24.4 Å². The van der Waals surface area contributed by atoms with Crippen molar-refractivity contribution in [1.29, 1.82) is 0 Å². The van der Waals surface area contributed by atoms with Crippen LogP contribution in [0.2, 0.25) is 5.02 Å². The minimum Gasteiger partial charge on any atom is -0.307 e. The van der Waals surface area contributed by atoms with E-state index in [1.165, 1.54) is 0 Å². The Morgan fingerprint density at radius 3 is 2.71 bits per heavy atom. The number of aromatic amines is 1. The van der Waals surface area contributed by atoms with Crippen LogP contribution in [0, 0.1) is 13.8 Å². The lowest BCUT2D eigenvalue weighted by molar-refractivity contribution is 0.102. The van der Waals surface area contributed by atoms with Crippen LogP contribution in [-0.4, -0.2) is 16.1 Å². The first-order valence-corrected chi connectivity index (χ1v) is 5.53. The number of hydrogen-bond acceptors (Lipinski definition) is 2. The first kappa shape index (κ1) is 11.7. The van der Waals surface area contributed by atoms with Gasteiger partial charge in [0.1, 0.15) is 5.82 Å². The number of hydrogen-bond donors (Lipinski definition) is 2. The van der Waals surface area contributed by atoms with Crippen LogP contribution in [0.3, 0.4) is 0 Å². The number of halogens is 1. The molecule has 2 aromatic rings. The summed E-state index contributed by atoms with van der Waals surface area (Å²) in [7, 11) is 0. The van der Waals surface area contributed by atoms with Gasteiger partial charge in [-0.2, -0.15) is 5.10 Å². The average Bonchev–Trinajstić information content (AvgIpc) is 2.64. The van der Waals surface area contributed by atoms with Crippen molar-refractivity contribution in [2.45, 2.75) is 13.8 Å². The minimum absolute atomic E-state index is 0.175. The molecule has 0 aliphatic rings. The second-order valence-corrected chi connectivity index (χ2v) is 4.28. The molecule has 1 aromatic carbocycles. The van der Waals surface area contributed by atoms with Crippen molar-refractivity contribution < 1.29 is 4.79 Å². The Morgan fingerprint density at radius 1 is 1.35 bits per heavy atom. The quantitative estimate of drug-likeness (QED) is 0.860. The molecule has 1 aromatic heterocycles. The van der Waals surface area contributed by atoms with E-state index in [2.05, 4.69) is 15.5 Å². The third kappa shape index (κ3) is 2.47. The van der Waals surface area contributed by atoms with Crippen molar-refractivity contribution in [2.24, 2.45) is 0 Å². The van der Waals surface area contributed by atoms with Crippen LogP contribution in [0.25, 0.3) is 0 Å². The van der Waals surface area contributed by atoms with Gasteiger partial charge in [0, 0.05) is 16.1 Å². The van der Waals surface area contributed by atoms with E-state index in [0.717, 1.165) is 11.1 Å². The molecule has 0 bridgehead atoms. The smallest absolute Gasteiger partial charge is 0.257 e. The molecule has 1 amide bonds. The topological polar surface area (TPSA) is 57.8 Å². The number of H-pyrrole nitrogens is 1. The summed E-state index contributed by atoms with van der Waals surface area (Å²) in [6.45, 7) is 3.72. The lowest BCUT2D eigenvalue weighted by Gasteiger charge is -2.07. The van der Waals surface area contributed by atoms with Crippen molar-refractivity contribution in [3.05, 3.63) is 46.1 Å². The Balaban J connectivity index is 2.23. The Bertz CT molecular complexity index is 563. The fourth-order valence-corrected chi connectivity index (χ4v) is 1.76. The van der Waals surface area contributed by atoms with Crippen LogP contribution in [0.4, 0.5) is 5.82 Å². The van der Waals surface area contributed by atoms with Gasteiger partial charge in [0.2, 0.25) is 0 Å². The zero-order valence-electron chi connectivity index (χ0n) is 9.54. The van der Waals surface area contributed by atoms with Gasteiger partial charge in [-0.05, 0) is 37.6 Å². The van der Waals surface area contributed by atoms with E-state index in [0.29, 0.717) is 16.4 Å². The van der Waals surface area contributed by atoms with Gasteiger partial charge < -0.3 is 5.32 Å². The highest BCUT2D eigenvalue weighted by atomic mass is 35.5. The largest absolute Gasteiger partial charge is 0.307 e. The summed E-state index contributed by atoms with van der Waals surface area (Å²) in [4.78, 5) is 12.0. The normalized spacial score (nSPS) is 10.3. The molecular formula is C12H12ClN3O. The number of amides is 1. The molecule has 0 aliphatic carbocycles. The van der Waals surface area contributed by atoms with Crippen LogP contribution < -0.4 is 5.32 Å². The van der Waals surface area contributed by atoms with E-state index >= 15 is 0 Å². The maximum atomic E-state index is 12.0. The molecule has 1 heterocycles. The molecule has 88 valence electrons. The molecule has 2 rings (SSSR count). The summed E-state index contributed by atoms with van der Waals surface area (Å²) in [5.74, 6) is 0.441. The molecule has 0 saturated carbocycles. The predicted octanol–water partition coefficient (Wildman–Crippen LogP) is 2.93. The molecule has 5 heteroatoms. The Hall–Kier alpha value is -1.81. The maximum Gasteiger partial charge on any atom is 0.257 e. The molecule has 0 saturated heterocycles. The summed E-state index contributed by atoms with van der Waals surface area (Å²) >= 11 is 5.84. The number of anilines is 1. The van der Waals surface area contributed by atoms with Crippen LogP contribution in [-0.2, 0) is 0 Å². The maximum absolute atomic E-state index is 12.0. The van der Waals surface area contributed by atoms with Crippen molar-refractivity contribution in [3.8, 4) is 0 Å². The van der Waals surface area contributed by atoms with E-state index < -0.39 is 0 Å². The van der Waals surface area contributed by atoms with Gasteiger partial charge in [-0.25, -0.2) is 0 Å². The van der Waals surface area contributed by atoms with Crippen molar-refractivity contribution in [3.63, 3.8) is 0 Å². The lowest BCUT2D eigenvalue weighted by Crippen LogP contribution is -2.14. The first-order valence-electron chi connectivity index (χ1n) is 5.15. The molecule has 0 aliphatic heterocycles. The number of aromatic nitrogens is 2. The molecule has 0 radical (unpaired) electrons. The number of carbonyl (C=O) groups is 1. The zero-order valence-corrected chi connectivity index (χ0v) is 10.3. The highest BCUT2D eigenvalue weighted by Gasteiger charge is 2.11. The van der Waals surface area contributed by atoms with Crippen molar-refractivity contribution >= 4 is 23.3 Å². The summed E-state index contributed by atoms with van der Waals surface area (Å²) in [5.41, 5.74) is 2.33. The van der Waals surface area contributed by atoms with Crippen molar-refractivity contribution in [1.82, 2.24) is 10.2 Å². The van der Waals surface area contributed by atoms with Gasteiger partial charge in [0.05, 0.1) is 6.20 Å². The predicted molar refractivity (Wildman–Crippen MR) is 67.5 cm³/mol. The van der Waals surface area contributed by atoms with Gasteiger partial charge in [-0.15, -0.1) is 0 Å². The molecule has 0 atom stereocenters. The van der Waals surface area contributed by atoms with Gasteiger partial charge in [-0.1, -0.05) is 11.6 Å². The third-order valence-electron chi connectivity index (χ3n) is 2.50. The SMILES string of the molecule is Cc1cc(Cl)ccc1C(=O)Nc1[nH]ncc1C. The molecule has 0 unspecified atom stereocenters. The standard InChI is InChI=1S/C12H12ClN3O/c1-7-5-9(13)3-4-10(7)12(17)15-11-8(2)6-14-16-11/h3-6H,1-2H3,(H2,14,15,16,17). The Kier molecular flexibility index (Phi) is 3.15.